The van der Waals surface area contributed by atoms with Crippen LogP contribution >= 0.6 is 0 Å². The Morgan fingerprint density at radius 1 is 1.14 bits per heavy atom. The number of hydrogen-bond donors (Lipinski definition) is 0. The van der Waals surface area contributed by atoms with E-state index in [-0.39, 0.29) is 5.92 Å². The summed E-state index contributed by atoms with van der Waals surface area (Å²) in [5, 5.41) is 0. The van der Waals surface area contributed by atoms with Crippen molar-refractivity contribution < 1.29 is 4.79 Å². The predicted molar refractivity (Wildman–Crippen MR) is 86.9 cm³/mol. The molecule has 1 amide bonds. The van der Waals surface area contributed by atoms with Crippen LogP contribution in [-0.2, 0) is 11.3 Å². The minimum Gasteiger partial charge on any atom is -0.337 e. The minimum atomic E-state index is 0.167. The van der Waals surface area contributed by atoms with Crippen molar-refractivity contribution in [3.63, 3.8) is 0 Å². The van der Waals surface area contributed by atoms with Crippen molar-refractivity contribution in [2.45, 2.75) is 25.8 Å². The highest BCUT2D eigenvalue weighted by atomic mass is 16.2. The molecule has 0 N–H and O–H groups in total. The summed E-state index contributed by atoms with van der Waals surface area (Å²) in [6, 6.07) is 10.3. The van der Waals surface area contributed by atoms with E-state index in [4.69, 9.17) is 0 Å². The third-order valence-corrected chi connectivity index (χ3v) is 3.96. The predicted octanol–water partition coefficient (Wildman–Crippen LogP) is 2.93. The van der Waals surface area contributed by atoms with Crippen LogP contribution in [0.2, 0.25) is 0 Å². The Bertz CT molecular complexity index is 467. The number of nitrogens with zero attached hydrogens (tertiary/aromatic N) is 2. The minimum absolute atomic E-state index is 0.167. The number of carbonyl (C=O) groups is 1. The van der Waals surface area contributed by atoms with Gasteiger partial charge in [0.15, 0.2) is 0 Å². The topological polar surface area (TPSA) is 23.6 Å². The number of carbonyl (C=O) groups excluding carboxylic acids is 1. The van der Waals surface area contributed by atoms with E-state index in [9.17, 15) is 4.79 Å². The first kappa shape index (κ1) is 15.8. The quantitative estimate of drug-likeness (QED) is 0.751. The zero-order valence-electron chi connectivity index (χ0n) is 13.2. The Kier molecular flexibility index (Phi) is 6.00. The lowest BCUT2D eigenvalue weighted by atomic mass is 9.93. The van der Waals surface area contributed by atoms with Crippen LogP contribution in [0.25, 0.3) is 0 Å². The first-order valence-corrected chi connectivity index (χ1v) is 7.79. The molecule has 0 saturated heterocycles. The fourth-order valence-corrected chi connectivity index (χ4v) is 2.67. The van der Waals surface area contributed by atoms with Crippen LogP contribution in [0.3, 0.4) is 0 Å². The molecule has 1 aromatic rings. The van der Waals surface area contributed by atoms with Crippen LogP contribution < -0.4 is 0 Å². The fourth-order valence-electron chi connectivity index (χ4n) is 2.67. The van der Waals surface area contributed by atoms with Crippen LogP contribution in [0.15, 0.2) is 42.5 Å². The lowest BCUT2D eigenvalue weighted by Gasteiger charge is -2.29. The van der Waals surface area contributed by atoms with Gasteiger partial charge < -0.3 is 9.80 Å². The van der Waals surface area contributed by atoms with Crippen molar-refractivity contribution >= 4 is 5.91 Å². The molecule has 3 nitrogen and oxygen atoms in total. The summed E-state index contributed by atoms with van der Waals surface area (Å²) in [5.74, 6) is 0.478. The van der Waals surface area contributed by atoms with Gasteiger partial charge >= 0.3 is 0 Å². The number of amides is 1. The Balaban J connectivity index is 2.03. The lowest BCUT2D eigenvalue weighted by molar-refractivity contribution is -0.136. The number of likely N-dealkylation sites (N-methyl/N-ethyl adjacent to an activating group) is 1. The molecule has 0 saturated carbocycles. The van der Waals surface area contributed by atoms with Crippen LogP contribution in [0, 0.1) is 5.92 Å². The summed E-state index contributed by atoms with van der Waals surface area (Å²) < 4.78 is 0. The van der Waals surface area contributed by atoms with Gasteiger partial charge in [0.05, 0.1) is 0 Å². The normalized spacial score (nSPS) is 18.0. The molecule has 114 valence electrons. The van der Waals surface area contributed by atoms with Gasteiger partial charge in [-0.3, -0.25) is 4.79 Å². The van der Waals surface area contributed by atoms with E-state index in [0.717, 1.165) is 32.4 Å². The highest BCUT2D eigenvalue weighted by molar-refractivity contribution is 5.79. The van der Waals surface area contributed by atoms with Crippen LogP contribution in [0.5, 0.6) is 0 Å². The van der Waals surface area contributed by atoms with E-state index in [1.807, 2.05) is 23.1 Å². The number of hydrogen-bond acceptors (Lipinski definition) is 2. The summed E-state index contributed by atoms with van der Waals surface area (Å²) in [7, 11) is 4.10. The third kappa shape index (κ3) is 5.01. The summed E-state index contributed by atoms with van der Waals surface area (Å²) in [5.41, 5.74) is 1.20. The van der Waals surface area contributed by atoms with Crippen molar-refractivity contribution in [1.29, 1.82) is 0 Å². The second kappa shape index (κ2) is 7.99. The average Bonchev–Trinajstić information content (AvgIpc) is 2.52. The standard InChI is InChI=1S/C18H26N2O/c1-19(2)13-14-20(15-16-9-5-3-6-10-16)18(21)17-11-7-4-8-12-17/h3-7,9-10,17H,8,11-15H2,1-2H3. The molecule has 0 spiro atoms. The SMILES string of the molecule is CN(C)CCN(Cc1ccccc1)C(=O)C1CC=CCC1. The third-order valence-electron chi connectivity index (χ3n) is 3.96. The van der Waals surface area contributed by atoms with Crippen molar-refractivity contribution in [2.24, 2.45) is 5.92 Å². The Morgan fingerprint density at radius 3 is 2.52 bits per heavy atom. The first-order chi connectivity index (χ1) is 10.2. The van der Waals surface area contributed by atoms with Gasteiger partial charge in [-0.2, -0.15) is 0 Å². The van der Waals surface area contributed by atoms with Gasteiger partial charge in [0.25, 0.3) is 0 Å². The molecular formula is C18H26N2O. The van der Waals surface area contributed by atoms with Gasteiger partial charge in [0.2, 0.25) is 5.91 Å². The molecule has 1 aliphatic carbocycles. The molecule has 21 heavy (non-hydrogen) atoms. The molecule has 0 aromatic heterocycles. The smallest absolute Gasteiger partial charge is 0.226 e. The zero-order chi connectivity index (χ0) is 15.1. The molecule has 1 unspecified atom stereocenters. The Hall–Kier alpha value is -1.61. The molecule has 0 fully saturated rings. The summed E-state index contributed by atoms with van der Waals surface area (Å²) in [4.78, 5) is 16.9. The molecule has 3 heteroatoms. The molecule has 0 heterocycles. The van der Waals surface area contributed by atoms with E-state index >= 15 is 0 Å². The molecule has 0 radical (unpaired) electrons. The van der Waals surface area contributed by atoms with Crippen molar-refractivity contribution in [3.05, 3.63) is 48.0 Å². The highest BCUT2D eigenvalue weighted by Gasteiger charge is 2.24. The Labute approximate surface area is 128 Å². The van der Waals surface area contributed by atoms with E-state index in [1.54, 1.807) is 0 Å². The molecule has 0 aliphatic heterocycles. The van der Waals surface area contributed by atoms with Gasteiger partial charge in [0, 0.05) is 25.6 Å². The van der Waals surface area contributed by atoms with Crippen LogP contribution in [-0.4, -0.2) is 42.9 Å². The number of rotatable bonds is 6. The highest BCUT2D eigenvalue weighted by Crippen LogP contribution is 2.21. The maximum absolute atomic E-state index is 12.8. The van der Waals surface area contributed by atoms with Gasteiger partial charge in [-0.05, 0) is 38.9 Å². The maximum atomic E-state index is 12.8. The van der Waals surface area contributed by atoms with Crippen molar-refractivity contribution in [3.8, 4) is 0 Å². The molecule has 1 aromatic carbocycles. The van der Waals surface area contributed by atoms with Crippen molar-refractivity contribution in [1.82, 2.24) is 9.80 Å². The summed E-state index contributed by atoms with van der Waals surface area (Å²) in [6.07, 6.45) is 7.25. The number of benzene rings is 1. The average molecular weight is 286 g/mol. The van der Waals surface area contributed by atoms with E-state index < -0.39 is 0 Å². The van der Waals surface area contributed by atoms with Crippen LogP contribution in [0.1, 0.15) is 24.8 Å². The van der Waals surface area contributed by atoms with Gasteiger partial charge in [-0.1, -0.05) is 42.5 Å². The lowest BCUT2D eigenvalue weighted by Crippen LogP contribution is -2.40. The molecule has 1 atom stereocenters. The van der Waals surface area contributed by atoms with Gasteiger partial charge in [-0.15, -0.1) is 0 Å². The van der Waals surface area contributed by atoms with Crippen molar-refractivity contribution in [2.75, 3.05) is 27.2 Å². The molecule has 2 rings (SSSR count). The van der Waals surface area contributed by atoms with E-state index in [0.29, 0.717) is 12.5 Å². The summed E-state index contributed by atoms with van der Waals surface area (Å²) in [6.45, 7) is 2.41. The first-order valence-electron chi connectivity index (χ1n) is 7.79. The maximum Gasteiger partial charge on any atom is 0.226 e. The van der Waals surface area contributed by atoms with Gasteiger partial charge in [-0.25, -0.2) is 0 Å². The second-order valence-electron chi connectivity index (χ2n) is 6.03. The fraction of sp³-hybridized carbons (Fsp3) is 0.500. The second-order valence-corrected chi connectivity index (χ2v) is 6.03. The van der Waals surface area contributed by atoms with Crippen LogP contribution in [0.4, 0.5) is 0 Å². The number of allylic oxidation sites excluding steroid dienone is 2. The van der Waals surface area contributed by atoms with Gasteiger partial charge in [0.1, 0.15) is 0 Å². The largest absolute Gasteiger partial charge is 0.337 e. The molecule has 1 aliphatic rings. The Morgan fingerprint density at radius 2 is 1.90 bits per heavy atom. The molecular weight excluding hydrogens is 260 g/mol. The zero-order valence-corrected chi connectivity index (χ0v) is 13.2. The van der Waals surface area contributed by atoms with E-state index in [2.05, 4.69) is 43.3 Å². The van der Waals surface area contributed by atoms with E-state index in [1.165, 1.54) is 5.56 Å². The summed E-state index contributed by atoms with van der Waals surface area (Å²) >= 11 is 0. The molecule has 0 bridgehead atoms. The monoisotopic (exact) mass is 286 g/mol.